The van der Waals surface area contributed by atoms with Gasteiger partial charge in [-0.1, -0.05) is 0 Å². The Bertz CT molecular complexity index is 215. The molecule has 4 heteroatoms. The highest BCUT2D eigenvalue weighted by molar-refractivity contribution is 5.78. The Hall–Kier alpha value is -0.610. The highest BCUT2D eigenvalue weighted by Gasteiger charge is 2.37. The number of primary amides is 1. The third-order valence-electron chi connectivity index (χ3n) is 2.90. The Labute approximate surface area is 78.5 Å². The minimum Gasteiger partial charge on any atom is -0.369 e. The van der Waals surface area contributed by atoms with Crippen molar-refractivity contribution in [3.63, 3.8) is 0 Å². The number of carbonyl (C=O) groups excluding carboxylic acids is 1. The quantitative estimate of drug-likeness (QED) is 0.599. The molecular weight excluding hydrogens is 166 g/mol. The number of rotatable bonds is 3. The molecule has 0 radical (unpaired) electrons. The van der Waals surface area contributed by atoms with E-state index < -0.39 is 0 Å². The molecule has 2 rings (SSSR count). The van der Waals surface area contributed by atoms with E-state index in [-0.39, 0.29) is 17.9 Å². The Morgan fingerprint density at radius 1 is 1.46 bits per heavy atom. The summed E-state index contributed by atoms with van der Waals surface area (Å²) in [4.78, 5) is 13.3. The molecule has 2 unspecified atom stereocenters. The average Bonchev–Trinajstić information content (AvgIpc) is 2.75. The van der Waals surface area contributed by atoms with Crippen molar-refractivity contribution in [2.45, 2.75) is 24.9 Å². The predicted molar refractivity (Wildman–Crippen MR) is 50.1 cm³/mol. The van der Waals surface area contributed by atoms with Crippen molar-refractivity contribution < 1.29 is 4.79 Å². The van der Waals surface area contributed by atoms with Crippen molar-refractivity contribution in [2.75, 3.05) is 20.1 Å². The number of amides is 1. The van der Waals surface area contributed by atoms with Gasteiger partial charge in [0.15, 0.2) is 0 Å². The van der Waals surface area contributed by atoms with E-state index in [0.717, 1.165) is 13.1 Å². The highest BCUT2D eigenvalue weighted by atomic mass is 16.1. The number of likely N-dealkylation sites (N-methyl/N-ethyl adjacent to an activating group) is 1. The van der Waals surface area contributed by atoms with E-state index >= 15 is 0 Å². The molecule has 2 fully saturated rings. The monoisotopic (exact) mass is 183 g/mol. The minimum absolute atomic E-state index is 0.00519. The summed E-state index contributed by atoms with van der Waals surface area (Å²) in [5.41, 5.74) is 5.34. The summed E-state index contributed by atoms with van der Waals surface area (Å²) >= 11 is 0. The van der Waals surface area contributed by atoms with Gasteiger partial charge in [0, 0.05) is 25.2 Å². The highest BCUT2D eigenvalue weighted by Crippen LogP contribution is 2.23. The zero-order valence-electron chi connectivity index (χ0n) is 7.99. The van der Waals surface area contributed by atoms with Gasteiger partial charge in [-0.05, 0) is 19.9 Å². The lowest BCUT2D eigenvalue weighted by Gasteiger charge is -2.16. The van der Waals surface area contributed by atoms with Crippen molar-refractivity contribution in [1.29, 1.82) is 0 Å². The van der Waals surface area contributed by atoms with Crippen molar-refractivity contribution in [3.05, 3.63) is 0 Å². The van der Waals surface area contributed by atoms with Gasteiger partial charge in [0.05, 0.1) is 5.92 Å². The number of carbonyl (C=O) groups is 1. The molecule has 3 N–H and O–H groups in total. The number of likely N-dealkylation sites (tertiary alicyclic amines) is 1. The van der Waals surface area contributed by atoms with Crippen LogP contribution in [0.1, 0.15) is 12.8 Å². The van der Waals surface area contributed by atoms with Crippen LogP contribution in [0.2, 0.25) is 0 Å². The standard InChI is InChI=1S/C9H17N3O/c1-12-4-7(9(10)13)8(5-12)11-6-2-3-6/h6-8,11H,2-5H2,1H3,(H2,10,13). The maximum Gasteiger partial charge on any atom is 0.223 e. The van der Waals surface area contributed by atoms with Crippen LogP contribution in [-0.2, 0) is 4.79 Å². The fourth-order valence-electron chi connectivity index (χ4n) is 2.01. The maximum absolute atomic E-state index is 11.1. The number of nitrogens with one attached hydrogen (secondary N) is 1. The topological polar surface area (TPSA) is 58.4 Å². The van der Waals surface area contributed by atoms with E-state index in [1.807, 2.05) is 7.05 Å². The van der Waals surface area contributed by atoms with Gasteiger partial charge in [0.1, 0.15) is 0 Å². The summed E-state index contributed by atoms with van der Waals surface area (Å²) in [6.45, 7) is 1.75. The molecule has 0 spiro atoms. The lowest BCUT2D eigenvalue weighted by Crippen LogP contribution is -2.42. The van der Waals surface area contributed by atoms with Crippen LogP contribution in [-0.4, -0.2) is 43.0 Å². The van der Waals surface area contributed by atoms with Gasteiger partial charge in [-0.2, -0.15) is 0 Å². The molecule has 1 aliphatic heterocycles. The second kappa shape index (κ2) is 3.27. The Morgan fingerprint density at radius 3 is 2.69 bits per heavy atom. The van der Waals surface area contributed by atoms with Crippen LogP contribution < -0.4 is 11.1 Å². The average molecular weight is 183 g/mol. The van der Waals surface area contributed by atoms with Crippen LogP contribution in [0.5, 0.6) is 0 Å². The minimum atomic E-state index is -0.164. The molecule has 74 valence electrons. The first kappa shape index (κ1) is 8.97. The lowest BCUT2D eigenvalue weighted by atomic mass is 10.0. The van der Waals surface area contributed by atoms with Crippen molar-refractivity contribution in [1.82, 2.24) is 10.2 Å². The number of hydrogen-bond donors (Lipinski definition) is 2. The molecule has 1 saturated heterocycles. The molecule has 1 amide bonds. The summed E-state index contributed by atoms with van der Waals surface area (Å²) in [6.07, 6.45) is 2.51. The molecule has 4 nitrogen and oxygen atoms in total. The summed E-state index contributed by atoms with van der Waals surface area (Å²) in [5, 5.41) is 3.47. The van der Waals surface area contributed by atoms with Gasteiger partial charge in [-0.25, -0.2) is 0 Å². The van der Waals surface area contributed by atoms with E-state index in [4.69, 9.17) is 5.73 Å². The van der Waals surface area contributed by atoms with Gasteiger partial charge >= 0.3 is 0 Å². The lowest BCUT2D eigenvalue weighted by molar-refractivity contribution is -0.121. The number of hydrogen-bond acceptors (Lipinski definition) is 3. The molecule has 0 aromatic rings. The number of nitrogens with zero attached hydrogens (tertiary/aromatic N) is 1. The Balaban J connectivity index is 1.93. The van der Waals surface area contributed by atoms with Crippen molar-refractivity contribution in [3.8, 4) is 0 Å². The van der Waals surface area contributed by atoms with Crippen molar-refractivity contribution in [2.24, 2.45) is 11.7 Å². The van der Waals surface area contributed by atoms with Gasteiger partial charge < -0.3 is 16.0 Å². The first-order valence-corrected chi connectivity index (χ1v) is 4.90. The summed E-state index contributed by atoms with van der Waals surface area (Å²) in [7, 11) is 2.03. The van der Waals surface area contributed by atoms with Crippen LogP contribution in [0.3, 0.4) is 0 Å². The SMILES string of the molecule is CN1CC(NC2CC2)C(C(N)=O)C1. The van der Waals surface area contributed by atoms with Crippen LogP contribution in [0.15, 0.2) is 0 Å². The van der Waals surface area contributed by atoms with Crippen LogP contribution in [0.25, 0.3) is 0 Å². The fourth-order valence-corrected chi connectivity index (χ4v) is 2.01. The van der Waals surface area contributed by atoms with Crippen LogP contribution >= 0.6 is 0 Å². The molecule has 1 heterocycles. The van der Waals surface area contributed by atoms with Gasteiger partial charge in [-0.3, -0.25) is 4.79 Å². The summed E-state index contributed by atoms with van der Waals surface area (Å²) in [6, 6.07) is 0.938. The van der Waals surface area contributed by atoms with Gasteiger partial charge in [0.2, 0.25) is 5.91 Å². The van der Waals surface area contributed by atoms with Gasteiger partial charge in [0.25, 0.3) is 0 Å². The Morgan fingerprint density at radius 2 is 2.15 bits per heavy atom. The molecule has 1 aliphatic carbocycles. The molecule has 0 aromatic carbocycles. The normalized spacial score (nSPS) is 35.2. The first-order valence-electron chi connectivity index (χ1n) is 4.90. The van der Waals surface area contributed by atoms with E-state index in [1.165, 1.54) is 12.8 Å². The second-order valence-electron chi connectivity index (χ2n) is 4.28. The molecule has 0 aromatic heterocycles. The maximum atomic E-state index is 11.1. The van der Waals surface area contributed by atoms with Crippen LogP contribution in [0.4, 0.5) is 0 Å². The largest absolute Gasteiger partial charge is 0.369 e. The zero-order valence-corrected chi connectivity index (χ0v) is 7.99. The molecular formula is C9H17N3O. The second-order valence-corrected chi connectivity index (χ2v) is 4.28. The van der Waals surface area contributed by atoms with E-state index in [9.17, 15) is 4.79 Å². The summed E-state index contributed by atoms with van der Waals surface area (Å²) < 4.78 is 0. The molecule has 0 bridgehead atoms. The summed E-state index contributed by atoms with van der Waals surface area (Å²) in [5.74, 6) is -0.159. The van der Waals surface area contributed by atoms with E-state index in [0.29, 0.717) is 6.04 Å². The predicted octanol–water partition coefficient (Wildman–Crippen LogP) is -0.846. The fraction of sp³-hybridized carbons (Fsp3) is 0.889. The van der Waals surface area contributed by atoms with Crippen molar-refractivity contribution >= 4 is 5.91 Å². The number of nitrogens with two attached hydrogens (primary N) is 1. The Kier molecular flexibility index (Phi) is 2.26. The smallest absolute Gasteiger partial charge is 0.223 e. The van der Waals surface area contributed by atoms with Crippen LogP contribution in [0, 0.1) is 5.92 Å². The van der Waals surface area contributed by atoms with Gasteiger partial charge in [-0.15, -0.1) is 0 Å². The molecule has 1 saturated carbocycles. The molecule has 2 atom stereocenters. The van der Waals surface area contributed by atoms with E-state index in [2.05, 4.69) is 10.2 Å². The van der Waals surface area contributed by atoms with E-state index in [1.54, 1.807) is 0 Å². The molecule has 13 heavy (non-hydrogen) atoms. The third kappa shape index (κ3) is 2.00. The first-order chi connectivity index (χ1) is 6.16. The molecule has 2 aliphatic rings. The third-order valence-corrected chi connectivity index (χ3v) is 2.90. The zero-order chi connectivity index (χ0) is 9.42.